The van der Waals surface area contributed by atoms with Crippen molar-refractivity contribution < 1.29 is 116 Å². The van der Waals surface area contributed by atoms with Crippen LogP contribution in [0.5, 0.6) is 0 Å². The van der Waals surface area contributed by atoms with Crippen molar-refractivity contribution >= 4 is 157 Å². The van der Waals surface area contributed by atoms with Crippen molar-refractivity contribution in [2.45, 2.75) is 292 Å². The molecule has 0 bridgehead atoms. The van der Waals surface area contributed by atoms with Crippen LogP contribution in [0.3, 0.4) is 0 Å². The van der Waals surface area contributed by atoms with E-state index in [1.54, 1.807) is 42.8 Å². The maximum absolute atomic E-state index is 15.6. The van der Waals surface area contributed by atoms with Gasteiger partial charge in [-0.1, -0.05) is 116 Å². The van der Waals surface area contributed by atoms with E-state index in [1.807, 2.05) is 0 Å². The number of aryl methyl sites for hydroxylation is 1. The first-order chi connectivity index (χ1) is 71.2. The number of primary amides is 1. The first kappa shape index (κ1) is 122. The van der Waals surface area contributed by atoms with Gasteiger partial charge in [0.2, 0.25) is 94.5 Å². The minimum absolute atomic E-state index is 0.0262. The highest BCUT2D eigenvalue weighted by atomic mass is 33.1. The molecule has 7 rings (SSSR count). The minimum atomic E-state index is -1.93. The summed E-state index contributed by atoms with van der Waals surface area (Å²) in [6.07, 6.45) is 20.8. The summed E-state index contributed by atoms with van der Waals surface area (Å²) in [6.45, 7) is -2.53. The zero-order chi connectivity index (χ0) is 107. The van der Waals surface area contributed by atoms with E-state index in [-0.39, 0.29) is 185 Å². The summed E-state index contributed by atoms with van der Waals surface area (Å²) in [6, 6.07) is -9.13. The van der Waals surface area contributed by atoms with Gasteiger partial charge >= 0.3 is 17.9 Å². The van der Waals surface area contributed by atoms with Gasteiger partial charge in [0.25, 0.3) is 0 Å². The normalized spacial score (nSPS) is 18.9. The number of nitrogens with one attached hydrogen (secondary N) is 17. The molecule has 1 aromatic carbocycles. The second-order valence-corrected chi connectivity index (χ2v) is 39.5. The van der Waals surface area contributed by atoms with Gasteiger partial charge in [0.05, 0.1) is 46.0 Å². The number of aromatic amines is 2. The van der Waals surface area contributed by atoms with Crippen molar-refractivity contribution in [2.24, 2.45) is 22.2 Å². The van der Waals surface area contributed by atoms with Gasteiger partial charge in [-0.25, -0.2) is 5.10 Å². The molecule has 0 aliphatic carbocycles. The van der Waals surface area contributed by atoms with E-state index < -0.39 is 219 Å². The van der Waals surface area contributed by atoms with Crippen molar-refractivity contribution in [3.63, 3.8) is 0 Å². The van der Waals surface area contributed by atoms with Crippen LogP contribution in [0.2, 0.25) is 0 Å². The highest BCUT2D eigenvalue weighted by Crippen LogP contribution is 2.30. The number of allylic oxidation sites excluding steroid dienone is 1. The molecule has 3 fully saturated rings. The molecule has 148 heavy (non-hydrogen) atoms. The molecular weight excluding hydrogens is 1970 g/mol. The molecule has 0 spiro atoms. The zero-order valence-corrected chi connectivity index (χ0v) is 85.7. The Morgan fingerprint density at radius 3 is 1.82 bits per heavy atom. The number of aromatic nitrogens is 5. The number of carboxylic acid groups (broad SMARTS) is 3. The number of fused-ring (bicyclic) bond motifs is 1. The molecule has 0 saturated carbocycles. The number of rotatable bonds is 64. The molecule has 4 aliphatic rings. The van der Waals surface area contributed by atoms with Gasteiger partial charge in [-0.15, -0.1) is 5.10 Å². The highest BCUT2D eigenvalue weighted by Gasteiger charge is 2.46. The van der Waals surface area contributed by atoms with E-state index in [4.69, 9.17) is 32.1 Å². The molecule has 0 radical (unpaired) electrons. The molecule has 51 nitrogen and oxygen atoms in total. The number of nitrogens with two attached hydrogens (primary N) is 3. The maximum Gasteiger partial charge on any atom is 0.317 e. The van der Waals surface area contributed by atoms with E-state index in [0.717, 1.165) is 49.2 Å². The van der Waals surface area contributed by atoms with E-state index >= 15 is 14.4 Å². The molecule has 3 saturated heterocycles. The Hall–Kier alpha value is -13.0. The fourth-order valence-corrected chi connectivity index (χ4v) is 19.4. The van der Waals surface area contributed by atoms with Crippen LogP contribution in [0.4, 0.5) is 0 Å². The number of H-pyrrole nitrogens is 2. The average Bonchev–Trinajstić information content (AvgIpc) is 1.64. The average molecular weight is 2120 g/mol. The molecule has 11 atom stereocenters. The molecule has 6 heterocycles. The lowest BCUT2D eigenvalue weighted by Gasteiger charge is -2.34. The number of guanidine groups is 1. The van der Waals surface area contributed by atoms with Gasteiger partial charge in [-0.2, -0.15) is 0 Å². The van der Waals surface area contributed by atoms with Gasteiger partial charge in [-0.3, -0.25) is 106 Å². The molecule has 53 heteroatoms. The summed E-state index contributed by atoms with van der Waals surface area (Å²) in [5, 5.41) is 87.9. The number of aliphatic carboxylic acids is 3. The number of unbranched alkanes of at least 4 members (excludes halogenated alkanes) is 14. The second-order valence-electron chi connectivity index (χ2n) is 36.8. The quantitative estimate of drug-likeness (QED) is 0.0127. The third kappa shape index (κ3) is 47.0. The molecular formula is C95H149N27O24S2. The van der Waals surface area contributed by atoms with Crippen molar-refractivity contribution in [3.05, 3.63) is 53.6 Å². The SMILES string of the molecule is CC(=O)N[C@H]1CCSSCC[C@@H](C(=O)N2CCC[C@H]2C(=O)N2CCC[C@H]2C(=O)N[C@@H](CCCCN)C(=O)N[C@@H](CCC(=O)O)C(=O)N[C@@H](CNC(=O)CN(CC(=O)O)CC(=O)O)C(=O)N[C@@H](CCCCNC(=O)COCCOCCNC(=O)CCCCCCCCCCCCCCCc2nnn[nH]2)C(N)=O)NC(=O)[C@H](Cc2c[nH]c3ccccc23)NC(=O)[C@H](CCCNC(=N)N)NC(=O)CNC(=O)[C@H](CC2=CCC=N2)NC1=O. The molecule has 16 amide bonds. The third-order valence-electron chi connectivity index (χ3n) is 24.9. The number of tetrazole rings is 1. The number of likely N-dealkylation sites (tertiary alicyclic amines) is 2. The van der Waals surface area contributed by atoms with Crippen LogP contribution in [-0.4, -0.2) is 357 Å². The van der Waals surface area contributed by atoms with E-state index in [0.29, 0.717) is 41.5 Å². The van der Waals surface area contributed by atoms with Crippen molar-refractivity contribution in [1.29, 1.82) is 5.41 Å². The van der Waals surface area contributed by atoms with Crippen LogP contribution < -0.4 is 91.6 Å². The third-order valence-corrected chi connectivity index (χ3v) is 27.4. The number of benzene rings is 1. The number of hydrogen-bond acceptors (Lipinski definition) is 30. The summed E-state index contributed by atoms with van der Waals surface area (Å²) >= 11 is 0. The van der Waals surface area contributed by atoms with E-state index in [1.165, 1.54) is 89.7 Å². The minimum Gasteiger partial charge on any atom is -0.481 e. The van der Waals surface area contributed by atoms with Crippen LogP contribution in [-0.2, 0) is 113 Å². The van der Waals surface area contributed by atoms with Crippen molar-refractivity contribution in [2.75, 3.05) is 110 Å². The summed E-state index contributed by atoms with van der Waals surface area (Å²) in [7, 11) is 2.50. The van der Waals surface area contributed by atoms with Gasteiger partial charge in [0, 0.05) is 125 Å². The number of ether oxygens (including phenoxy) is 2. The number of amides is 16. The number of hydrogen-bond donors (Lipinski definition) is 23. The lowest BCUT2D eigenvalue weighted by atomic mass is 10.0. The molecule has 0 unspecified atom stereocenters. The summed E-state index contributed by atoms with van der Waals surface area (Å²) in [5.41, 5.74) is 18.9. The summed E-state index contributed by atoms with van der Waals surface area (Å²) in [5.74, 6) is -16.9. The lowest BCUT2D eigenvalue weighted by Crippen LogP contribution is -2.61. The Balaban J connectivity index is 0.985. The van der Waals surface area contributed by atoms with Gasteiger partial charge < -0.3 is 131 Å². The number of carbonyl (C=O) groups excluding carboxylic acids is 16. The molecule has 26 N–H and O–H groups in total. The Bertz CT molecular complexity index is 4900. The lowest BCUT2D eigenvalue weighted by molar-refractivity contribution is -0.148. The van der Waals surface area contributed by atoms with Gasteiger partial charge in [0.15, 0.2) is 5.96 Å². The zero-order valence-electron chi connectivity index (χ0n) is 84.0. The predicted octanol–water partition coefficient (Wildman–Crippen LogP) is -1.90. The topological polar surface area (TPSA) is 766 Å². The van der Waals surface area contributed by atoms with Gasteiger partial charge in [-0.05, 0) is 138 Å². The smallest absolute Gasteiger partial charge is 0.317 e. The van der Waals surface area contributed by atoms with Crippen LogP contribution in [0, 0.1) is 5.41 Å². The van der Waals surface area contributed by atoms with Crippen LogP contribution >= 0.6 is 21.6 Å². The standard InChI is InChI=1S/C95H149N27O24S2/c1-60(123)107-69-37-49-147-148-50-38-70(112-90(140)71(51-61-53-104-64-27-16-15-26-63(61)64)113-86(136)66(30-22-42-103-95(98)99)108-78(125)55-106-85(135)72(114-89(69)139)52-62-25-21-41-100-62)93(143)122-45-24-32-75(122)94(144)121-44-23-31-74(121)92(142)111-67(29-17-19-39-96)87(137)110-68(35-36-81(128)129)88(138)115-73(54-105-79(126)56-120(57-82(130)131)58-83(132)133)91(141)109-65(84(97)134)28-18-20-40-101-80(127)59-146-48-47-145-46-43-102-77(124)34-14-12-10-8-6-4-2-3-5-7-9-11-13-33-76-116-118-119-117-76/h15-16,25-27,41,53,65-75,104H,2-14,17-24,28-40,42-52,54-59,96H2,1H3,(H2,97,134)(H,101,127)(H,102,124)(H,105,126)(H,106,135)(H,107,123)(H,108,125)(H,109,141)(H,110,137)(H,111,142)(H,112,140)(H,113,136)(H,114,139)(H,115,138)(H,128,129)(H,130,131)(H,132,133)(H4,98,99,103)(H,116,117,118,119)/t65-,66-,67-,68-,69-,70-,71-,72-,73-,74-,75-/m0/s1. The van der Waals surface area contributed by atoms with Gasteiger partial charge in [0.1, 0.15) is 78.9 Å². The fourth-order valence-electron chi connectivity index (χ4n) is 17.2. The van der Waals surface area contributed by atoms with Crippen LogP contribution in [0.25, 0.3) is 10.9 Å². The number of carbonyl (C=O) groups is 19. The van der Waals surface area contributed by atoms with Crippen molar-refractivity contribution in [3.8, 4) is 0 Å². The second kappa shape index (κ2) is 68.5. The highest BCUT2D eigenvalue weighted by molar-refractivity contribution is 8.76. The van der Waals surface area contributed by atoms with Crippen molar-refractivity contribution in [1.82, 2.24) is 115 Å². The number of carboxylic acids is 3. The summed E-state index contributed by atoms with van der Waals surface area (Å²) in [4.78, 5) is 273. The van der Waals surface area contributed by atoms with E-state index in [2.05, 4.69) is 105 Å². The predicted molar refractivity (Wildman–Crippen MR) is 544 cm³/mol. The molecule has 4 aliphatic heterocycles. The number of nitrogens with zero attached hydrogens (tertiary/aromatic N) is 7. The first-order valence-corrected chi connectivity index (χ1v) is 53.4. The molecule has 3 aromatic rings. The largest absolute Gasteiger partial charge is 0.481 e. The Labute approximate surface area is 866 Å². The first-order valence-electron chi connectivity index (χ1n) is 50.9. The Morgan fingerprint density at radius 2 is 1.17 bits per heavy atom. The Kier molecular flexibility index (Phi) is 56.4. The number of aliphatic imine (C=N–C) groups is 1. The Morgan fingerprint density at radius 1 is 0.568 bits per heavy atom. The summed E-state index contributed by atoms with van der Waals surface area (Å²) < 4.78 is 11.0. The fraction of sp³-hybridized carbons (Fsp3) is 0.663. The van der Waals surface area contributed by atoms with E-state index in [9.17, 15) is 92.0 Å². The molecule has 820 valence electrons. The maximum atomic E-state index is 15.6. The monoisotopic (exact) mass is 2120 g/mol. The number of para-hydroxylation sites is 1. The molecule has 2 aromatic heterocycles. The van der Waals surface area contributed by atoms with Crippen LogP contribution in [0.1, 0.15) is 224 Å². The van der Waals surface area contributed by atoms with Crippen LogP contribution in [0.15, 0.2) is 47.2 Å².